The van der Waals surface area contributed by atoms with Gasteiger partial charge < -0.3 is 5.11 Å². The van der Waals surface area contributed by atoms with Crippen LogP contribution in [-0.2, 0) is 17.8 Å². The smallest absolute Gasteiger partial charge is 0.308 e. The third kappa shape index (κ3) is 4.31. The molecule has 1 aliphatic rings. The number of hydrogen-bond donors (Lipinski definition) is 1. The Morgan fingerprint density at radius 2 is 1.90 bits per heavy atom. The van der Waals surface area contributed by atoms with Crippen LogP contribution in [0, 0.1) is 11.8 Å². The molecule has 1 aromatic carbocycles. The van der Waals surface area contributed by atoms with Crippen molar-refractivity contribution in [2.75, 3.05) is 6.54 Å². The molecule has 1 saturated heterocycles. The van der Waals surface area contributed by atoms with Gasteiger partial charge in [-0.25, -0.2) is 0 Å². The maximum atomic E-state index is 11.3. The molecule has 0 spiro atoms. The number of rotatable bonds is 5. The van der Waals surface area contributed by atoms with E-state index >= 15 is 0 Å². The summed E-state index contributed by atoms with van der Waals surface area (Å²) >= 11 is 0. The molecule has 2 atom stereocenters. The van der Waals surface area contributed by atoms with Crippen LogP contribution >= 0.6 is 0 Å². The summed E-state index contributed by atoms with van der Waals surface area (Å²) in [6, 6.07) is 8.91. The van der Waals surface area contributed by atoms with Gasteiger partial charge in [-0.3, -0.25) is 9.69 Å². The lowest BCUT2D eigenvalue weighted by atomic mass is 9.90. The summed E-state index contributed by atoms with van der Waals surface area (Å²) in [5.74, 6) is -0.201. The molecule has 1 heterocycles. The SMILES string of the molecule is CC(C)Cc1ccc(CN2CCC[C@H](C(=O)O)[C@@H]2C)cc1. The van der Waals surface area contributed by atoms with Gasteiger partial charge in [-0.05, 0) is 49.8 Å². The van der Waals surface area contributed by atoms with Crippen LogP contribution in [0.4, 0.5) is 0 Å². The van der Waals surface area contributed by atoms with E-state index in [0.29, 0.717) is 5.92 Å². The van der Waals surface area contributed by atoms with Gasteiger partial charge in [0.1, 0.15) is 0 Å². The van der Waals surface area contributed by atoms with Crippen molar-refractivity contribution in [2.45, 2.75) is 52.6 Å². The molecule has 0 unspecified atom stereocenters. The van der Waals surface area contributed by atoms with Gasteiger partial charge in [0, 0.05) is 12.6 Å². The van der Waals surface area contributed by atoms with Crippen LogP contribution in [-0.4, -0.2) is 28.6 Å². The van der Waals surface area contributed by atoms with E-state index in [1.807, 2.05) is 6.92 Å². The normalized spacial score (nSPS) is 23.4. The fourth-order valence-electron chi connectivity index (χ4n) is 3.25. The van der Waals surface area contributed by atoms with Crippen molar-refractivity contribution in [3.8, 4) is 0 Å². The summed E-state index contributed by atoms with van der Waals surface area (Å²) in [7, 11) is 0. The first-order chi connectivity index (χ1) is 9.97. The van der Waals surface area contributed by atoms with Gasteiger partial charge in [0.15, 0.2) is 0 Å². The number of benzene rings is 1. The number of carbonyl (C=O) groups is 1. The van der Waals surface area contributed by atoms with Crippen molar-refractivity contribution in [2.24, 2.45) is 11.8 Å². The van der Waals surface area contributed by atoms with E-state index in [9.17, 15) is 9.90 Å². The molecule has 1 aliphatic heterocycles. The molecule has 0 radical (unpaired) electrons. The molecule has 0 aliphatic carbocycles. The molecule has 2 rings (SSSR count). The Kier molecular flexibility index (Phi) is 5.40. The summed E-state index contributed by atoms with van der Waals surface area (Å²) in [5, 5.41) is 9.29. The summed E-state index contributed by atoms with van der Waals surface area (Å²) < 4.78 is 0. The molecule has 1 fully saturated rings. The van der Waals surface area contributed by atoms with Gasteiger partial charge in [0.2, 0.25) is 0 Å². The second-order valence-corrected chi connectivity index (χ2v) is 6.71. The average molecular weight is 289 g/mol. The van der Waals surface area contributed by atoms with Gasteiger partial charge in [0.25, 0.3) is 0 Å². The van der Waals surface area contributed by atoms with Gasteiger partial charge in [-0.15, -0.1) is 0 Å². The summed E-state index contributed by atoms with van der Waals surface area (Å²) in [6.07, 6.45) is 2.90. The van der Waals surface area contributed by atoms with E-state index in [1.165, 1.54) is 11.1 Å². The fraction of sp³-hybridized carbons (Fsp3) is 0.611. The van der Waals surface area contributed by atoms with Crippen molar-refractivity contribution in [3.63, 3.8) is 0 Å². The topological polar surface area (TPSA) is 40.5 Å². The van der Waals surface area contributed by atoms with Crippen molar-refractivity contribution in [3.05, 3.63) is 35.4 Å². The van der Waals surface area contributed by atoms with Crippen LogP contribution in [0.2, 0.25) is 0 Å². The lowest BCUT2D eigenvalue weighted by Crippen LogP contribution is -2.45. The zero-order chi connectivity index (χ0) is 15.4. The van der Waals surface area contributed by atoms with E-state index in [1.54, 1.807) is 0 Å². The van der Waals surface area contributed by atoms with Crippen LogP contribution in [0.15, 0.2) is 24.3 Å². The Labute approximate surface area is 128 Å². The van der Waals surface area contributed by atoms with Gasteiger partial charge >= 0.3 is 5.97 Å². The molecule has 0 bridgehead atoms. The number of aliphatic carboxylic acids is 1. The maximum absolute atomic E-state index is 11.3. The van der Waals surface area contributed by atoms with E-state index < -0.39 is 5.97 Å². The minimum atomic E-state index is -0.653. The number of likely N-dealkylation sites (tertiary alicyclic amines) is 1. The highest BCUT2D eigenvalue weighted by Crippen LogP contribution is 2.25. The van der Waals surface area contributed by atoms with Crippen molar-refractivity contribution in [1.82, 2.24) is 4.90 Å². The zero-order valence-corrected chi connectivity index (χ0v) is 13.4. The molecule has 1 N–H and O–H groups in total. The van der Waals surface area contributed by atoms with Crippen LogP contribution in [0.1, 0.15) is 44.7 Å². The highest BCUT2D eigenvalue weighted by atomic mass is 16.4. The standard InChI is InChI=1S/C18H27NO2/c1-13(2)11-15-6-8-16(9-7-15)12-19-10-4-5-17(14(19)3)18(20)21/h6-9,13-14,17H,4-5,10-12H2,1-3H3,(H,20,21)/t14-,17-/m0/s1. The third-order valence-electron chi connectivity index (χ3n) is 4.49. The van der Waals surface area contributed by atoms with Gasteiger partial charge in [-0.2, -0.15) is 0 Å². The Bertz CT molecular complexity index is 467. The van der Waals surface area contributed by atoms with Gasteiger partial charge in [-0.1, -0.05) is 38.1 Å². The average Bonchev–Trinajstić information content (AvgIpc) is 2.42. The Hall–Kier alpha value is -1.35. The number of carboxylic acid groups (broad SMARTS) is 1. The first-order valence-corrected chi connectivity index (χ1v) is 8.02. The molecule has 1 aromatic rings. The lowest BCUT2D eigenvalue weighted by molar-refractivity contribution is -0.145. The highest BCUT2D eigenvalue weighted by Gasteiger charge is 2.32. The molecule has 3 heteroatoms. The minimum absolute atomic E-state index is 0.117. The number of hydrogen-bond acceptors (Lipinski definition) is 2. The quantitative estimate of drug-likeness (QED) is 0.901. The maximum Gasteiger partial charge on any atom is 0.308 e. The van der Waals surface area contributed by atoms with Crippen LogP contribution in [0.25, 0.3) is 0 Å². The molecule has 0 saturated carbocycles. The lowest BCUT2D eigenvalue weighted by Gasteiger charge is -2.37. The Morgan fingerprint density at radius 1 is 1.29 bits per heavy atom. The summed E-state index contributed by atoms with van der Waals surface area (Å²) in [6.45, 7) is 8.36. The molecule has 0 amide bonds. The van der Waals surface area contributed by atoms with Crippen LogP contribution < -0.4 is 0 Å². The van der Waals surface area contributed by atoms with E-state index in [0.717, 1.165) is 32.4 Å². The largest absolute Gasteiger partial charge is 0.481 e. The summed E-state index contributed by atoms with van der Waals surface area (Å²) in [5.41, 5.74) is 2.66. The number of nitrogens with zero attached hydrogens (tertiary/aromatic N) is 1. The predicted molar refractivity (Wildman–Crippen MR) is 85.2 cm³/mol. The highest BCUT2D eigenvalue weighted by molar-refractivity contribution is 5.70. The van der Waals surface area contributed by atoms with Crippen molar-refractivity contribution < 1.29 is 9.90 Å². The fourth-order valence-corrected chi connectivity index (χ4v) is 3.25. The van der Waals surface area contributed by atoms with E-state index in [4.69, 9.17) is 0 Å². The third-order valence-corrected chi connectivity index (χ3v) is 4.49. The van der Waals surface area contributed by atoms with Crippen LogP contribution in [0.3, 0.4) is 0 Å². The monoisotopic (exact) mass is 289 g/mol. The van der Waals surface area contributed by atoms with Gasteiger partial charge in [0.05, 0.1) is 5.92 Å². The molecule has 3 nitrogen and oxygen atoms in total. The Balaban J connectivity index is 1.98. The molecular formula is C18H27NO2. The van der Waals surface area contributed by atoms with Crippen molar-refractivity contribution in [1.29, 1.82) is 0 Å². The predicted octanol–water partition coefficient (Wildman–Crippen LogP) is 3.57. The molecule has 0 aromatic heterocycles. The molecule has 116 valence electrons. The van der Waals surface area contributed by atoms with E-state index in [2.05, 4.69) is 43.0 Å². The number of carboxylic acids is 1. The number of piperidine rings is 1. The second-order valence-electron chi connectivity index (χ2n) is 6.71. The zero-order valence-electron chi connectivity index (χ0n) is 13.4. The minimum Gasteiger partial charge on any atom is -0.481 e. The molecule has 21 heavy (non-hydrogen) atoms. The first kappa shape index (κ1) is 16.0. The second kappa shape index (κ2) is 7.08. The summed E-state index contributed by atoms with van der Waals surface area (Å²) in [4.78, 5) is 13.6. The van der Waals surface area contributed by atoms with E-state index in [-0.39, 0.29) is 12.0 Å². The van der Waals surface area contributed by atoms with Crippen LogP contribution in [0.5, 0.6) is 0 Å². The first-order valence-electron chi connectivity index (χ1n) is 8.02. The van der Waals surface area contributed by atoms with Crippen molar-refractivity contribution >= 4 is 5.97 Å². The Morgan fingerprint density at radius 3 is 2.48 bits per heavy atom. The molecular weight excluding hydrogens is 262 g/mol.